The summed E-state index contributed by atoms with van der Waals surface area (Å²) in [6.07, 6.45) is 1.63. The van der Waals surface area contributed by atoms with Gasteiger partial charge in [0.15, 0.2) is 5.65 Å². The highest BCUT2D eigenvalue weighted by molar-refractivity contribution is 5.42. The molecule has 5 heteroatoms. The van der Waals surface area contributed by atoms with Crippen LogP contribution in [-0.4, -0.2) is 14.6 Å². The van der Waals surface area contributed by atoms with E-state index >= 15 is 0 Å². The van der Waals surface area contributed by atoms with Crippen molar-refractivity contribution in [2.45, 2.75) is 0 Å². The Balaban J connectivity index is 3.02. The van der Waals surface area contributed by atoms with E-state index < -0.39 is 0 Å². The molecule has 2 rings (SSSR count). The normalized spacial score (nSPS) is 10.5. The largest absolute Gasteiger partial charge is 0.383 e. The van der Waals surface area contributed by atoms with Gasteiger partial charge in [-0.1, -0.05) is 0 Å². The minimum atomic E-state index is -0.197. The molecule has 0 radical (unpaired) electrons. The highest BCUT2D eigenvalue weighted by Gasteiger charge is 1.97. The summed E-state index contributed by atoms with van der Waals surface area (Å²) >= 11 is 0. The zero-order valence-electron chi connectivity index (χ0n) is 5.61. The average Bonchev–Trinajstić information content (AvgIpc) is 2.34. The van der Waals surface area contributed by atoms with Gasteiger partial charge < -0.3 is 5.73 Å². The van der Waals surface area contributed by atoms with Crippen LogP contribution < -0.4 is 11.3 Å². The first-order valence-electron chi connectivity index (χ1n) is 3.10. The fraction of sp³-hybridized carbons (Fsp3) is 0. The van der Waals surface area contributed by atoms with Crippen molar-refractivity contribution in [3.8, 4) is 0 Å². The van der Waals surface area contributed by atoms with Gasteiger partial charge in [0, 0.05) is 18.3 Å². The molecule has 2 aromatic rings. The Morgan fingerprint density at radius 3 is 3.27 bits per heavy atom. The first kappa shape index (κ1) is 5.96. The Morgan fingerprint density at radius 2 is 2.45 bits per heavy atom. The third-order valence-electron chi connectivity index (χ3n) is 1.40. The zero-order valence-corrected chi connectivity index (χ0v) is 5.61. The van der Waals surface area contributed by atoms with Gasteiger partial charge in [-0.05, 0) is 0 Å². The smallest absolute Gasteiger partial charge is 0.274 e. The fourth-order valence-corrected chi connectivity index (χ4v) is 0.946. The topological polar surface area (TPSA) is 76.2 Å². The number of nitrogens with two attached hydrogens (primary N) is 1. The van der Waals surface area contributed by atoms with E-state index in [0.29, 0.717) is 5.65 Å². The number of rotatable bonds is 0. The van der Waals surface area contributed by atoms with Gasteiger partial charge in [0.05, 0.1) is 0 Å². The number of H-pyrrole nitrogens is 1. The van der Waals surface area contributed by atoms with Crippen LogP contribution in [0.25, 0.3) is 5.65 Å². The molecule has 0 aliphatic rings. The first-order chi connectivity index (χ1) is 5.27. The minimum absolute atomic E-state index is 0.197. The predicted molar refractivity (Wildman–Crippen MR) is 40.2 cm³/mol. The van der Waals surface area contributed by atoms with Crippen LogP contribution in [0.1, 0.15) is 0 Å². The number of aromatic nitrogens is 3. The highest BCUT2D eigenvalue weighted by atomic mass is 16.1. The number of aromatic amines is 1. The molecule has 2 heterocycles. The summed E-state index contributed by atoms with van der Waals surface area (Å²) in [5.74, 6) is 0.245. The predicted octanol–water partition coefficient (Wildman–Crippen LogP) is -0.395. The number of nitrogens with zero attached hydrogens (tertiary/aromatic N) is 2. The number of hydrogen-bond donors (Lipinski definition) is 2. The molecule has 3 N–H and O–H groups in total. The van der Waals surface area contributed by atoms with Gasteiger partial charge in [0.1, 0.15) is 5.82 Å². The van der Waals surface area contributed by atoms with Gasteiger partial charge in [-0.15, -0.1) is 0 Å². The zero-order chi connectivity index (χ0) is 7.84. The van der Waals surface area contributed by atoms with Crippen molar-refractivity contribution in [3.63, 3.8) is 0 Å². The molecule has 0 aromatic carbocycles. The van der Waals surface area contributed by atoms with E-state index in [4.69, 9.17) is 5.73 Å². The Hall–Kier alpha value is -1.78. The molecule has 0 aliphatic carbocycles. The second kappa shape index (κ2) is 1.85. The van der Waals surface area contributed by atoms with Crippen LogP contribution in [0.15, 0.2) is 23.1 Å². The average molecular weight is 150 g/mol. The molecule has 0 fully saturated rings. The molecule has 0 atom stereocenters. The molecule has 0 bridgehead atoms. The molecule has 11 heavy (non-hydrogen) atoms. The summed E-state index contributed by atoms with van der Waals surface area (Å²) in [5, 5.41) is 2.70. The monoisotopic (exact) mass is 150 g/mol. The van der Waals surface area contributed by atoms with Crippen LogP contribution in [0, 0.1) is 0 Å². The Kier molecular flexibility index (Phi) is 1.00. The van der Waals surface area contributed by atoms with Crippen molar-refractivity contribution in [1.82, 2.24) is 14.6 Å². The van der Waals surface area contributed by atoms with Gasteiger partial charge in [0.2, 0.25) is 0 Å². The molecule has 5 nitrogen and oxygen atoms in total. The summed E-state index contributed by atoms with van der Waals surface area (Å²) in [5.41, 5.74) is 5.69. The molecule has 0 saturated carbocycles. The number of anilines is 1. The van der Waals surface area contributed by atoms with Gasteiger partial charge >= 0.3 is 0 Å². The molecule has 0 saturated heterocycles. The summed E-state index contributed by atoms with van der Waals surface area (Å²) in [6.45, 7) is 0. The maximum absolute atomic E-state index is 11.1. The number of nitrogens with one attached hydrogen (secondary N) is 1. The standard InChI is InChI=1S/C6H6N4O/c7-4-3-6(11)10-5(9-4)1-2-8-10/h1-3,8H,7H2. The molecule has 0 spiro atoms. The lowest BCUT2D eigenvalue weighted by molar-refractivity contribution is 0.902. The molecular formula is C6H6N4O. The second-order valence-electron chi connectivity index (χ2n) is 2.18. The lowest BCUT2D eigenvalue weighted by Crippen LogP contribution is -2.14. The SMILES string of the molecule is Nc1cc(=O)n2[nH]ccc2n1. The van der Waals surface area contributed by atoms with Crippen LogP contribution in [-0.2, 0) is 0 Å². The van der Waals surface area contributed by atoms with E-state index in [1.165, 1.54) is 10.6 Å². The van der Waals surface area contributed by atoms with Crippen molar-refractivity contribution in [1.29, 1.82) is 0 Å². The Bertz CT molecular complexity index is 441. The molecule has 2 aromatic heterocycles. The lowest BCUT2D eigenvalue weighted by atomic mass is 10.5. The van der Waals surface area contributed by atoms with Gasteiger partial charge in [0.25, 0.3) is 5.56 Å². The van der Waals surface area contributed by atoms with Crippen molar-refractivity contribution in [2.75, 3.05) is 5.73 Å². The van der Waals surface area contributed by atoms with E-state index in [-0.39, 0.29) is 11.4 Å². The van der Waals surface area contributed by atoms with E-state index in [2.05, 4.69) is 10.1 Å². The van der Waals surface area contributed by atoms with Crippen molar-refractivity contribution in [3.05, 3.63) is 28.7 Å². The van der Waals surface area contributed by atoms with Gasteiger partial charge in [-0.3, -0.25) is 9.89 Å². The Labute approximate surface area is 61.5 Å². The van der Waals surface area contributed by atoms with Crippen molar-refractivity contribution < 1.29 is 0 Å². The van der Waals surface area contributed by atoms with Crippen molar-refractivity contribution >= 4 is 11.5 Å². The maximum Gasteiger partial charge on any atom is 0.274 e. The number of nitrogen functional groups attached to an aromatic ring is 1. The summed E-state index contributed by atoms with van der Waals surface area (Å²) < 4.78 is 1.32. The summed E-state index contributed by atoms with van der Waals surface area (Å²) in [4.78, 5) is 15.0. The molecular weight excluding hydrogens is 144 g/mol. The van der Waals surface area contributed by atoms with E-state index in [0.717, 1.165) is 0 Å². The molecule has 0 unspecified atom stereocenters. The Morgan fingerprint density at radius 1 is 1.64 bits per heavy atom. The van der Waals surface area contributed by atoms with Crippen LogP contribution in [0.2, 0.25) is 0 Å². The summed E-state index contributed by atoms with van der Waals surface area (Å²) in [6, 6.07) is 2.95. The van der Waals surface area contributed by atoms with Crippen LogP contribution >= 0.6 is 0 Å². The quantitative estimate of drug-likeness (QED) is 0.536. The molecule has 56 valence electrons. The number of hydrogen-bond acceptors (Lipinski definition) is 3. The second-order valence-corrected chi connectivity index (χ2v) is 2.18. The summed E-state index contributed by atoms with van der Waals surface area (Å²) in [7, 11) is 0. The maximum atomic E-state index is 11.1. The lowest BCUT2D eigenvalue weighted by Gasteiger charge is -1.92. The number of fused-ring (bicyclic) bond motifs is 1. The third kappa shape index (κ3) is 0.778. The minimum Gasteiger partial charge on any atom is -0.383 e. The first-order valence-corrected chi connectivity index (χ1v) is 3.10. The van der Waals surface area contributed by atoms with Crippen LogP contribution in [0.4, 0.5) is 5.82 Å². The molecule has 0 aliphatic heterocycles. The molecule has 0 amide bonds. The van der Waals surface area contributed by atoms with E-state index in [9.17, 15) is 4.79 Å². The van der Waals surface area contributed by atoms with Crippen LogP contribution in [0.5, 0.6) is 0 Å². The highest BCUT2D eigenvalue weighted by Crippen LogP contribution is 1.96. The van der Waals surface area contributed by atoms with Crippen LogP contribution in [0.3, 0.4) is 0 Å². The van der Waals surface area contributed by atoms with Crippen molar-refractivity contribution in [2.24, 2.45) is 0 Å². The van der Waals surface area contributed by atoms with E-state index in [1.807, 2.05) is 0 Å². The van der Waals surface area contributed by atoms with E-state index in [1.54, 1.807) is 12.3 Å². The fourth-order valence-electron chi connectivity index (χ4n) is 0.946. The van der Waals surface area contributed by atoms with Gasteiger partial charge in [-0.25, -0.2) is 9.50 Å². The van der Waals surface area contributed by atoms with Gasteiger partial charge in [-0.2, -0.15) is 0 Å². The third-order valence-corrected chi connectivity index (χ3v) is 1.40.